The predicted octanol–water partition coefficient (Wildman–Crippen LogP) is 5.10. The number of carbonyl (C=O) groups excluding carboxylic acids is 1. The van der Waals surface area contributed by atoms with Crippen LogP contribution in [-0.4, -0.2) is 34.6 Å². The normalized spacial score (nSPS) is 11.6. The van der Waals surface area contributed by atoms with Gasteiger partial charge in [-0.15, -0.1) is 0 Å². The van der Waals surface area contributed by atoms with Crippen LogP contribution in [0.4, 0.5) is 27.7 Å². The Bertz CT molecular complexity index is 1690. The highest BCUT2D eigenvalue weighted by atomic mass is 16.6. The molecule has 226 valence electrons. The van der Waals surface area contributed by atoms with Gasteiger partial charge in [0.05, 0.1) is 6.20 Å². The number of anilines is 4. The van der Waals surface area contributed by atoms with Gasteiger partial charge in [-0.2, -0.15) is 5.10 Å². The fourth-order valence-electron chi connectivity index (χ4n) is 5.12. The monoisotopic (exact) mass is 592 g/mol. The van der Waals surface area contributed by atoms with Gasteiger partial charge in [0.2, 0.25) is 0 Å². The van der Waals surface area contributed by atoms with Crippen molar-refractivity contribution in [2.45, 2.75) is 31.9 Å². The zero-order valence-corrected chi connectivity index (χ0v) is 25.2. The number of aryl methyl sites for hydroxylation is 1. The Labute approximate surface area is 255 Å². The smallest absolute Gasteiger partial charge is 0.407 e. The lowest BCUT2D eigenvalue weighted by atomic mass is 9.77. The van der Waals surface area contributed by atoms with E-state index in [0.717, 1.165) is 16.7 Å². The number of ether oxygens (including phenoxy) is 1. The van der Waals surface area contributed by atoms with E-state index in [4.69, 9.17) is 4.74 Å². The lowest BCUT2D eigenvalue weighted by molar-refractivity contribution is 0.0530. The van der Waals surface area contributed by atoms with Crippen molar-refractivity contribution in [1.82, 2.24) is 15.1 Å². The molecule has 0 aliphatic heterocycles. The third-order valence-corrected chi connectivity index (χ3v) is 7.13. The maximum absolute atomic E-state index is 12.7. The molecule has 1 aromatic heterocycles. The molecule has 0 spiro atoms. The molecule has 0 unspecified atom stereocenters. The fraction of sp³-hybridized carbons (Fsp3) is 0.235. The van der Waals surface area contributed by atoms with Gasteiger partial charge in [0, 0.05) is 20.1 Å². The van der Waals surface area contributed by atoms with Crippen molar-refractivity contribution in [2.75, 3.05) is 29.0 Å². The standard InChI is InChI=1S/C34H36N6O4/c1-33(2,3)44-32(43)36-21-20-35-27-28(30(42)29(27)41)38-26-22-37-40(4)31(26)39-34(23-14-8-5-9-15-23,24-16-10-6-11-17-24)25-18-12-7-13-19-25/h5-19,22,35,38-39H,20-21H2,1-4H3,(H,36,43). The Morgan fingerprint density at radius 1 is 0.773 bits per heavy atom. The molecule has 0 radical (unpaired) electrons. The SMILES string of the molecule is Cn1ncc(Nc2c(NCCNC(=O)OC(C)(C)C)c(=O)c2=O)c1NC(c1ccccc1)(c1ccccc1)c1ccccc1. The second-order valence-corrected chi connectivity index (χ2v) is 11.4. The van der Waals surface area contributed by atoms with Gasteiger partial charge in [-0.3, -0.25) is 14.3 Å². The summed E-state index contributed by atoms with van der Waals surface area (Å²) in [5.41, 5.74) is 1.07. The molecule has 5 aromatic rings. The third-order valence-electron chi connectivity index (χ3n) is 7.13. The van der Waals surface area contributed by atoms with Crippen molar-refractivity contribution < 1.29 is 9.53 Å². The number of alkyl carbamates (subject to hydrolysis) is 1. The number of hydrogen-bond acceptors (Lipinski definition) is 8. The molecule has 1 amide bonds. The molecule has 10 nitrogen and oxygen atoms in total. The highest BCUT2D eigenvalue weighted by Crippen LogP contribution is 2.42. The predicted molar refractivity (Wildman–Crippen MR) is 173 cm³/mol. The fourth-order valence-corrected chi connectivity index (χ4v) is 5.12. The maximum atomic E-state index is 12.7. The van der Waals surface area contributed by atoms with Gasteiger partial charge < -0.3 is 26.0 Å². The van der Waals surface area contributed by atoms with Gasteiger partial charge >= 0.3 is 6.09 Å². The topological polar surface area (TPSA) is 126 Å². The number of nitrogens with zero attached hydrogens (tertiary/aromatic N) is 2. The zero-order valence-electron chi connectivity index (χ0n) is 25.2. The average molecular weight is 593 g/mol. The molecule has 1 heterocycles. The molecule has 0 bridgehead atoms. The van der Waals surface area contributed by atoms with Crippen LogP contribution in [0, 0.1) is 0 Å². The molecule has 5 rings (SSSR count). The second-order valence-electron chi connectivity index (χ2n) is 11.4. The minimum Gasteiger partial charge on any atom is -0.444 e. The van der Waals surface area contributed by atoms with Crippen LogP contribution in [0.2, 0.25) is 0 Å². The molecular weight excluding hydrogens is 556 g/mol. The number of carbonyl (C=O) groups is 1. The van der Waals surface area contributed by atoms with E-state index in [0.29, 0.717) is 11.5 Å². The zero-order chi connectivity index (χ0) is 31.3. The molecule has 10 heteroatoms. The van der Waals surface area contributed by atoms with Gasteiger partial charge in [-0.25, -0.2) is 4.79 Å². The van der Waals surface area contributed by atoms with E-state index in [9.17, 15) is 14.4 Å². The first-order chi connectivity index (χ1) is 21.1. The summed E-state index contributed by atoms with van der Waals surface area (Å²) >= 11 is 0. The lowest BCUT2D eigenvalue weighted by Gasteiger charge is -2.38. The minimum absolute atomic E-state index is 0.132. The molecule has 0 atom stereocenters. The van der Waals surface area contributed by atoms with Gasteiger partial charge in [0.15, 0.2) is 0 Å². The average Bonchev–Trinajstić information content (AvgIpc) is 3.37. The van der Waals surface area contributed by atoms with Crippen LogP contribution in [0.5, 0.6) is 0 Å². The Hall–Kier alpha value is -5.38. The first-order valence-electron chi connectivity index (χ1n) is 14.4. The number of nitrogens with one attached hydrogen (secondary N) is 4. The molecule has 44 heavy (non-hydrogen) atoms. The number of benzene rings is 3. The molecule has 4 N–H and O–H groups in total. The largest absolute Gasteiger partial charge is 0.444 e. The van der Waals surface area contributed by atoms with Gasteiger partial charge in [0.1, 0.15) is 34.0 Å². The Balaban J connectivity index is 1.46. The van der Waals surface area contributed by atoms with Crippen LogP contribution in [-0.2, 0) is 17.3 Å². The van der Waals surface area contributed by atoms with E-state index in [1.807, 2.05) is 61.6 Å². The van der Waals surface area contributed by atoms with Crippen molar-refractivity contribution in [1.29, 1.82) is 0 Å². The molecular formula is C34H36N6O4. The summed E-state index contributed by atoms with van der Waals surface area (Å²) in [5, 5.41) is 17.0. The van der Waals surface area contributed by atoms with E-state index in [1.54, 1.807) is 31.6 Å². The second kappa shape index (κ2) is 12.5. The third kappa shape index (κ3) is 6.19. The van der Waals surface area contributed by atoms with Crippen molar-refractivity contribution in [3.8, 4) is 0 Å². The van der Waals surface area contributed by atoms with Crippen molar-refractivity contribution in [3.63, 3.8) is 0 Å². The summed E-state index contributed by atoms with van der Waals surface area (Å²) in [4.78, 5) is 37.1. The van der Waals surface area contributed by atoms with Crippen LogP contribution in [0.15, 0.2) is 107 Å². The van der Waals surface area contributed by atoms with Crippen molar-refractivity contribution >= 4 is 29.0 Å². The van der Waals surface area contributed by atoms with Crippen molar-refractivity contribution in [2.24, 2.45) is 7.05 Å². The highest BCUT2D eigenvalue weighted by molar-refractivity contribution is 5.83. The summed E-state index contributed by atoms with van der Waals surface area (Å²) < 4.78 is 6.92. The summed E-state index contributed by atoms with van der Waals surface area (Å²) in [6.07, 6.45) is 1.05. The number of amides is 1. The summed E-state index contributed by atoms with van der Waals surface area (Å²) in [6, 6.07) is 30.3. The van der Waals surface area contributed by atoms with Gasteiger partial charge in [0.25, 0.3) is 10.9 Å². The van der Waals surface area contributed by atoms with E-state index >= 15 is 0 Å². The molecule has 0 aliphatic rings. The quantitative estimate of drug-likeness (QED) is 0.0948. The number of rotatable bonds is 11. The van der Waals surface area contributed by atoms with Gasteiger partial charge in [-0.05, 0) is 37.5 Å². The molecule has 0 aliphatic carbocycles. The first kappa shape index (κ1) is 30.1. The molecule has 4 aromatic carbocycles. The van der Waals surface area contributed by atoms with Crippen LogP contribution in [0.1, 0.15) is 37.5 Å². The van der Waals surface area contributed by atoms with E-state index in [2.05, 4.69) is 62.8 Å². The summed E-state index contributed by atoms with van der Waals surface area (Å²) in [6.45, 7) is 5.74. The summed E-state index contributed by atoms with van der Waals surface area (Å²) in [7, 11) is 1.81. The lowest BCUT2D eigenvalue weighted by Crippen LogP contribution is -2.40. The van der Waals surface area contributed by atoms with Crippen LogP contribution in [0.3, 0.4) is 0 Å². The first-order valence-corrected chi connectivity index (χ1v) is 14.4. The molecule has 0 saturated heterocycles. The maximum Gasteiger partial charge on any atom is 0.407 e. The van der Waals surface area contributed by atoms with Gasteiger partial charge in [-0.1, -0.05) is 91.0 Å². The molecule has 0 saturated carbocycles. The van der Waals surface area contributed by atoms with E-state index in [1.165, 1.54) is 0 Å². The van der Waals surface area contributed by atoms with Crippen LogP contribution >= 0.6 is 0 Å². The number of aromatic nitrogens is 2. The summed E-state index contributed by atoms with van der Waals surface area (Å²) in [5.74, 6) is 0.604. The Kier molecular flexibility index (Phi) is 8.52. The minimum atomic E-state index is -0.837. The Morgan fingerprint density at radius 3 is 1.77 bits per heavy atom. The van der Waals surface area contributed by atoms with Crippen molar-refractivity contribution in [3.05, 3.63) is 134 Å². The van der Waals surface area contributed by atoms with E-state index in [-0.39, 0.29) is 24.5 Å². The molecule has 0 fully saturated rings. The van der Waals surface area contributed by atoms with Crippen LogP contribution < -0.4 is 32.1 Å². The highest BCUT2D eigenvalue weighted by Gasteiger charge is 2.38. The Morgan fingerprint density at radius 2 is 1.27 bits per heavy atom. The van der Waals surface area contributed by atoms with E-state index < -0.39 is 28.1 Å². The number of hydrogen-bond donors (Lipinski definition) is 4. The van der Waals surface area contributed by atoms with Crippen LogP contribution in [0.25, 0.3) is 0 Å².